The van der Waals surface area contributed by atoms with Crippen LogP contribution in [0.2, 0.25) is 0 Å². The highest BCUT2D eigenvalue weighted by molar-refractivity contribution is 5.34. The summed E-state index contributed by atoms with van der Waals surface area (Å²) in [6.07, 6.45) is 0. The average Bonchev–Trinajstić information content (AvgIpc) is 2.81. The highest BCUT2D eigenvalue weighted by Gasteiger charge is 2.24. The van der Waals surface area contributed by atoms with Crippen LogP contribution in [0.25, 0.3) is 0 Å². The summed E-state index contributed by atoms with van der Waals surface area (Å²) >= 11 is 0. The van der Waals surface area contributed by atoms with Gasteiger partial charge >= 0.3 is 0 Å². The number of nitrogens with two attached hydrogens (primary N) is 1. The van der Waals surface area contributed by atoms with Gasteiger partial charge in [0.1, 0.15) is 5.76 Å². The first-order valence-corrected chi connectivity index (χ1v) is 6.01. The molecular weight excluding hydrogens is 218 g/mol. The lowest BCUT2D eigenvalue weighted by molar-refractivity contribution is 0.0137. The van der Waals surface area contributed by atoms with Crippen molar-refractivity contribution in [3.8, 4) is 0 Å². The van der Waals surface area contributed by atoms with Crippen molar-refractivity contribution in [1.82, 2.24) is 4.90 Å². The van der Waals surface area contributed by atoms with E-state index in [-0.39, 0.29) is 6.04 Å². The molecule has 0 aliphatic carbocycles. The summed E-state index contributed by atoms with van der Waals surface area (Å²) in [6.45, 7) is 3.95. The largest absolute Gasteiger partial charge is 0.444 e. The van der Waals surface area contributed by atoms with Crippen LogP contribution in [0.1, 0.15) is 11.8 Å². The highest BCUT2D eigenvalue weighted by atomic mass is 16.5. The molecule has 96 valence electrons. The smallest absolute Gasteiger partial charge is 0.195 e. The molecule has 17 heavy (non-hydrogen) atoms. The van der Waals surface area contributed by atoms with E-state index in [9.17, 15) is 0 Å². The van der Waals surface area contributed by atoms with E-state index in [4.69, 9.17) is 14.9 Å². The summed E-state index contributed by atoms with van der Waals surface area (Å²) in [6, 6.07) is 4.16. The number of anilines is 1. The Bertz CT molecular complexity index is 345. The Kier molecular flexibility index (Phi) is 4.04. The van der Waals surface area contributed by atoms with Gasteiger partial charge in [-0.1, -0.05) is 0 Å². The van der Waals surface area contributed by atoms with Gasteiger partial charge in [0.2, 0.25) is 0 Å². The summed E-state index contributed by atoms with van der Waals surface area (Å²) in [7, 11) is 3.93. The second-order valence-corrected chi connectivity index (χ2v) is 4.47. The fraction of sp³-hybridized carbons (Fsp3) is 0.667. The molecule has 5 nitrogen and oxygen atoms in total. The van der Waals surface area contributed by atoms with Gasteiger partial charge in [-0.3, -0.25) is 4.90 Å². The normalized spacial score (nSPS) is 19.2. The molecule has 0 saturated carbocycles. The van der Waals surface area contributed by atoms with Gasteiger partial charge in [-0.15, -0.1) is 0 Å². The molecule has 0 amide bonds. The van der Waals surface area contributed by atoms with Crippen LogP contribution in [-0.4, -0.2) is 51.8 Å². The molecule has 1 aliphatic heterocycles. The van der Waals surface area contributed by atoms with E-state index >= 15 is 0 Å². The maximum Gasteiger partial charge on any atom is 0.195 e. The lowest BCUT2D eigenvalue weighted by atomic mass is 10.2. The zero-order valence-electron chi connectivity index (χ0n) is 10.6. The van der Waals surface area contributed by atoms with Crippen molar-refractivity contribution in [3.63, 3.8) is 0 Å². The second-order valence-electron chi connectivity index (χ2n) is 4.47. The highest BCUT2D eigenvalue weighted by Crippen LogP contribution is 2.26. The summed E-state index contributed by atoms with van der Waals surface area (Å²) < 4.78 is 11.2. The monoisotopic (exact) mass is 239 g/mol. The van der Waals surface area contributed by atoms with E-state index in [1.54, 1.807) is 0 Å². The van der Waals surface area contributed by atoms with Crippen molar-refractivity contribution >= 4 is 5.88 Å². The predicted octanol–water partition coefficient (Wildman–Crippen LogP) is 0.678. The van der Waals surface area contributed by atoms with Gasteiger partial charge in [0.05, 0.1) is 19.3 Å². The van der Waals surface area contributed by atoms with Gasteiger partial charge in [-0.2, -0.15) is 0 Å². The Hall–Kier alpha value is -1.04. The number of ether oxygens (including phenoxy) is 1. The first-order chi connectivity index (χ1) is 8.22. The Morgan fingerprint density at radius 3 is 2.59 bits per heavy atom. The van der Waals surface area contributed by atoms with Gasteiger partial charge in [0.25, 0.3) is 0 Å². The fourth-order valence-corrected chi connectivity index (χ4v) is 2.10. The van der Waals surface area contributed by atoms with E-state index < -0.39 is 0 Å². The van der Waals surface area contributed by atoms with E-state index in [0.29, 0.717) is 6.54 Å². The molecule has 1 aromatic heterocycles. The quantitative estimate of drug-likeness (QED) is 0.837. The maximum atomic E-state index is 5.86. The van der Waals surface area contributed by atoms with Crippen molar-refractivity contribution in [3.05, 3.63) is 17.9 Å². The predicted molar refractivity (Wildman–Crippen MR) is 67.2 cm³/mol. The molecule has 2 rings (SSSR count). The Morgan fingerprint density at radius 1 is 1.35 bits per heavy atom. The number of hydrogen-bond acceptors (Lipinski definition) is 5. The molecule has 0 unspecified atom stereocenters. The Balaban J connectivity index is 2.10. The van der Waals surface area contributed by atoms with Crippen LogP contribution < -0.4 is 10.6 Å². The maximum absolute atomic E-state index is 5.86. The van der Waals surface area contributed by atoms with Crippen LogP contribution in [0.5, 0.6) is 0 Å². The van der Waals surface area contributed by atoms with Gasteiger partial charge in [-0.05, 0) is 6.07 Å². The molecular formula is C12H21N3O2. The van der Waals surface area contributed by atoms with E-state index in [1.165, 1.54) is 0 Å². The third-order valence-electron chi connectivity index (χ3n) is 3.09. The molecule has 1 aromatic rings. The van der Waals surface area contributed by atoms with Crippen molar-refractivity contribution in [2.75, 3.05) is 51.8 Å². The van der Waals surface area contributed by atoms with Gasteiger partial charge in [0.15, 0.2) is 5.88 Å². The number of furan rings is 1. The van der Waals surface area contributed by atoms with E-state index in [2.05, 4.69) is 4.90 Å². The van der Waals surface area contributed by atoms with Crippen LogP contribution in [0.4, 0.5) is 5.88 Å². The van der Waals surface area contributed by atoms with E-state index in [0.717, 1.165) is 37.9 Å². The number of morpholine rings is 1. The van der Waals surface area contributed by atoms with Gasteiger partial charge < -0.3 is 19.8 Å². The van der Waals surface area contributed by atoms with Gasteiger partial charge in [-0.25, -0.2) is 0 Å². The second kappa shape index (κ2) is 5.53. The third kappa shape index (κ3) is 2.80. The van der Waals surface area contributed by atoms with Crippen molar-refractivity contribution < 1.29 is 9.15 Å². The summed E-state index contributed by atoms with van der Waals surface area (Å²) in [5.41, 5.74) is 5.86. The molecule has 1 aliphatic rings. The molecule has 1 fully saturated rings. The Labute approximate surface area is 102 Å². The zero-order valence-corrected chi connectivity index (χ0v) is 10.6. The van der Waals surface area contributed by atoms with E-state index in [1.807, 2.05) is 31.1 Å². The van der Waals surface area contributed by atoms with Crippen LogP contribution in [0.3, 0.4) is 0 Å². The first kappa shape index (κ1) is 12.4. The molecule has 0 aromatic carbocycles. The molecule has 0 spiro atoms. The van der Waals surface area contributed by atoms with Crippen molar-refractivity contribution in [1.29, 1.82) is 0 Å². The molecule has 1 saturated heterocycles. The lowest BCUT2D eigenvalue weighted by Crippen LogP contribution is -2.41. The van der Waals surface area contributed by atoms with Gasteiger partial charge in [0, 0.05) is 39.8 Å². The molecule has 0 radical (unpaired) electrons. The van der Waals surface area contributed by atoms with Crippen LogP contribution in [0.15, 0.2) is 16.5 Å². The summed E-state index contributed by atoms with van der Waals surface area (Å²) in [5, 5.41) is 0. The number of rotatable bonds is 4. The molecule has 5 heteroatoms. The topological polar surface area (TPSA) is 54.9 Å². The Morgan fingerprint density at radius 2 is 2.06 bits per heavy atom. The first-order valence-electron chi connectivity index (χ1n) is 6.01. The number of hydrogen-bond donors (Lipinski definition) is 1. The summed E-state index contributed by atoms with van der Waals surface area (Å²) in [4.78, 5) is 4.28. The SMILES string of the molecule is CN(C)c1ccc([C@H](CN)N2CCOCC2)o1. The van der Waals surface area contributed by atoms with Crippen LogP contribution >= 0.6 is 0 Å². The van der Waals surface area contributed by atoms with Crippen LogP contribution in [-0.2, 0) is 4.74 Å². The molecule has 1 atom stereocenters. The van der Waals surface area contributed by atoms with Crippen LogP contribution in [0, 0.1) is 0 Å². The summed E-state index contributed by atoms with van der Waals surface area (Å²) in [5.74, 6) is 1.81. The number of nitrogens with zero attached hydrogens (tertiary/aromatic N) is 2. The van der Waals surface area contributed by atoms with Crippen molar-refractivity contribution in [2.45, 2.75) is 6.04 Å². The minimum Gasteiger partial charge on any atom is -0.444 e. The average molecular weight is 239 g/mol. The molecule has 2 N–H and O–H groups in total. The molecule has 2 heterocycles. The molecule has 0 bridgehead atoms. The lowest BCUT2D eigenvalue weighted by Gasteiger charge is -2.32. The minimum atomic E-state index is 0.160. The fourth-order valence-electron chi connectivity index (χ4n) is 2.10. The third-order valence-corrected chi connectivity index (χ3v) is 3.09. The minimum absolute atomic E-state index is 0.160. The van der Waals surface area contributed by atoms with Crippen molar-refractivity contribution in [2.24, 2.45) is 5.73 Å². The zero-order chi connectivity index (χ0) is 12.3. The standard InChI is InChI=1S/C12H21N3O2/c1-14(2)12-4-3-11(17-12)10(9-13)15-5-7-16-8-6-15/h3-4,10H,5-9,13H2,1-2H3/t10-/m0/s1.